The highest BCUT2D eigenvalue weighted by Crippen LogP contribution is 2.29. The van der Waals surface area contributed by atoms with Gasteiger partial charge in [-0.1, -0.05) is 0 Å². The second kappa shape index (κ2) is 9.91. The van der Waals surface area contributed by atoms with Crippen LogP contribution < -0.4 is 15.0 Å². The highest BCUT2D eigenvalue weighted by atomic mass is 16.6. The van der Waals surface area contributed by atoms with Gasteiger partial charge in [0.1, 0.15) is 5.75 Å². The average Bonchev–Trinajstić information content (AvgIpc) is 3.04. The Bertz CT molecular complexity index is 986. The van der Waals surface area contributed by atoms with E-state index in [9.17, 15) is 14.9 Å². The van der Waals surface area contributed by atoms with Gasteiger partial charge >= 0.3 is 0 Å². The van der Waals surface area contributed by atoms with E-state index >= 15 is 0 Å². The van der Waals surface area contributed by atoms with Crippen LogP contribution in [0.4, 0.5) is 17.1 Å². The van der Waals surface area contributed by atoms with Gasteiger partial charge in [0, 0.05) is 44.0 Å². The molecule has 0 spiro atoms. The zero-order chi connectivity index (χ0) is 22.4. The van der Waals surface area contributed by atoms with Gasteiger partial charge in [0.15, 0.2) is 0 Å². The summed E-state index contributed by atoms with van der Waals surface area (Å²) in [7, 11) is 1.45. The fraction of sp³-hybridized carbons (Fsp3) is 0.364. The van der Waals surface area contributed by atoms with Crippen molar-refractivity contribution in [2.75, 3.05) is 43.5 Å². The van der Waals surface area contributed by atoms with Crippen molar-refractivity contribution >= 4 is 23.0 Å². The fourth-order valence-corrected chi connectivity index (χ4v) is 3.64. The Morgan fingerprint density at radius 1 is 1.19 bits per heavy atom. The van der Waals surface area contributed by atoms with Gasteiger partial charge in [0.05, 0.1) is 35.4 Å². The van der Waals surface area contributed by atoms with Crippen molar-refractivity contribution in [3.05, 3.63) is 58.1 Å². The zero-order valence-electron chi connectivity index (χ0n) is 17.6. The minimum absolute atomic E-state index is 0.114. The van der Waals surface area contributed by atoms with Crippen molar-refractivity contribution in [1.29, 1.82) is 5.26 Å². The molecule has 1 aliphatic heterocycles. The average molecular weight is 423 g/mol. The molecule has 1 aliphatic rings. The van der Waals surface area contributed by atoms with E-state index in [1.807, 2.05) is 19.1 Å². The molecule has 1 N–H and O–H groups in total. The lowest BCUT2D eigenvalue weighted by Gasteiger charge is -2.27. The maximum absolute atomic E-state index is 12.9. The van der Waals surface area contributed by atoms with Crippen LogP contribution in [-0.4, -0.2) is 55.1 Å². The second-order valence-corrected chi connectivity index (χ2v) is 7.34. The number of hydrogen-bond acceptors (Lipinski definition) is 7. The molecule has 1 amide bonds. The van der Waals surface area contributed by atoms with Crippen LogP contribution in [-0.2, 0) is 4.79 Å². The number of nitriles is 1. The van der Waals surface area contributed by atoms with Gasteiger partial charge in [0.25, 0.3) is 5.69 Å². The van der Waals surface area contributed by atoms with Crippen LogP contribution in [0.15, 0.2) is 42.5 Å². The predicted molar refractivity (Wildman–Crippen MR) is 117 cm³/mol. The van der Waals surface area contributed by atoms with E-state index in [0.717, 1.165) is 31.7 Å². The molecular weight excluding hydrogens is 398 g/mol. The van der Waals surface area contributed by atoms with E-state index in [2.05, 4.69) is 21.2 Å². The Morgan fingerprint density at radius 3 is 2.58 bits per heavy atom. The molecule has 0 bridgehead atoms. The normalized spacial score (nSPS) is 15.5. The topological polar surface area (TPSA) is 112 Å². The van der Waals surface area contributed by atoms with Crippen LogP contribution >= 0.6 is 0 Å². The van der Waals surface area contributed by atoms with Crippen molar-refractivity contribution in [3.63, 3.8) is 0 Å². The first-order valence-electron chi connectivity index (χ1n) is 10.1. The maximum atomic E-state index is 12.9. The number of nitro groups is 1. The van der Waals surface area contributed by atoms with Gasteiger partial charge in [-0.2, -0.15) is 5.26 Å². The number of nitrogens with one attached hydrogen (secondary N) is 1. The van der Waals surface area contributed by atoms with E-state index in [0.29, 0.717) is 17.9 Å². The SMILES string of the molecule is COc1ccc([N+](=O)[O-])cc1NC(=O)C(C)N1CCCN(c2ccc(C#N)cc2)CC1. The van der Waals surface area contributed by atoms with Crippen LogP contribution in [0.3, 0.4) is 0 Å². The summed E-state index contributed by atoms with van der Waals surface area (Å²) in [6.07, 6.45) is 0.887. The van der Waals surface area contributed by atoms with Gasteiger partial charge in [0.2, 0.25) is 5.91 Å². The van der Waals surface area contributed by atoms with Crippen LogP contribution in [0.2, 0.25) is 0 Å². The van der Waals surface area contributed by atoms with Crippen LogP contribution in [0.1, 0.15) is 18.9 Å². The van der Waals surface area contributed by atoms with Crippen LogP contribution in [0.25, 0.3) is 0 Å². The third-order valence-electron chi connectivity index (χ3n) is 5.47. The largest absolute Gasteiger partial charge is 0.495 e. The fourth-order valence-electron chi connectivity index (χ4n) is 3.64. The number of non-ortho nitro benzene ring substituents is 1. The smallest absolute Gasteiger partial charge is 0.271 e. The quantitative estimate of drug-likeness (QED) is 0.561. The molecule has 1 atom stereocenters. The first-order chi connectivity index (χ1) is 14.9. The summed E-state index contributed by atoms with van der Waals surface area (Å²) in [4.78, 5) is 27.8. The van der Waals surface area contributed by atoms with E-state index in [4.69, 9.17) is 10.00 Å². The van der Waals surface area contributed by atoms with Gasteiger partial charge in [-0.15, -0.1) is 0 Å². The summed E-state index contributed by atoms with van der Waals surface area (Å²) in [5.74, 6) is 0.125. The molecule has 9 heteroatoms. The van der Waals surface area contributed by atoms with E-state index in [1.54, 1.807) is 12.1 Å². The molecule has 31 heavy (non-hydrogen) atoms. The predicted octanol–water partition coefficient (Wildman–Crippen LogP) is 3.01. The number of carbonyl (C=O) groups is 1. The molecule has 0 saturated carbocycles. The van der Waals surface area contributed by atoms with Gasteiger partial charge in [-0.25, -0.2) is 0 Å². The number of ether oxygens (including phenoxy) is 1. The Balaban J connectivity index is 1.65. The molecule has 1 saturated heterocycles. The van der Waals surface area contributed by atoms with Gasteiger partial charge in [-0.3, -0.25) is 19.8 Å². The molecular formula is C22H25N5O4. The first-order valence-corrected chi connectivity index (χ1v) is 10.1. The lowest BCUT2D eigenvalue weighted by Crippen LogP contribution is -2.44. The summed E-state index contributed by atoms with van der Waals surface area (Å²) in [6.45, 7) is 4.89. The summed E-state index contributed by atoms with van der Waals surface area (Å²) < 4.78 is 5.23. The summed E-state index contributed by atoms with van der Waals surface area (Å²) in [5.41, 5.74) is 1.85. The lowest BCUT2D eigenvalue weighted by atomic mass is 10.2. The highest BCUT2D eigenvalue weighted by molar-refractivity contribution is 5.96. The number of carbonyl (C=O) groups excluding carboxylic acids is 1. The molecule has 0 aromatic heterocycles. The molecule has 9 nitrogen and oxygen atoms in total. The summed E-state index contributed by atoms with van der Waals surface area (Å²) in [5, 5.41) is 22.8. The van der Waals surface area contributed by atoms with Gasteiger partial charge < -0.3 is 15.0 Å². The number of methoxy groups -OCH3 is 1. The number of rotatable bonds is 6. The number of hydrogen-bond donors (Lipinski definition) is 1. The second-order valence-electron chi connectivity index (χ2n) is 7.34. The standard InChI is InChI=1S/C22H25N5O4/c1-16(22(28)24-20-14-19(27(29)30)8-9-21(20)31-2)25-10-3-11-26(13-12-25)18-6-4-17(15-23)5-7-18/h4-9,14,16H,3,10-13H2,1-2H3,(H,24,28). The van der Waals surface area contributed by atoms with Crippen molar-refractivity contribution in [1.82, 2.24) is 4.90 Å². The molecule has 1 unspecified atom stereocenters. The maximum Gasteiger partial charge on any atom is 0.271 e. The Morgan fingerprint density at radius 2 is 1.94 bits per heavy atom. The Kier molecular flexibility index (Phi) is 7.05. The molecule has 2 aromatic rings. The third-order valence-corrected chi connectivity index (χ3v) is 5.47. The van der Waals surface area contributed by atoms with Crippen LogP contribution in [0.5, 0.6) is 5.75 Å². The summed E-state index contributed by atoms with van der Waals surface area (Å²) >= 11 is 0. The van der Waals surface area contributed by atoms with Crippen molar-refractivity contribution < 1.29 is 14.5 Å². The molecule has 0 aliphatic carbocycles. The molecule has 2 aromatic carbocycles. The van der Waals surface area contributed by atoms with E-state index < -0.39 is 11.0 Å². The lowest BCUT2D eigenvalue weighted by molar-refractivity contribution is -0.384. The highest BCUT2D eigenvalue weighted by Gasteiger charge is 2.25. The number of nitro benzene ring substituents is 1. The first kappa shape index (κ1) is 22.1. The van der Waals surface area contributed by atoms with Gasteiger partial charge in [-0.05, 0) is 43.7 Å². The number of amides is 1. The third kappa shape index (κ3) is 5.29. The van der Waals surface area contributed by atoms with Crippen molar-refractivity contribution in [2.24, 2.45) is 0 Å². The molecule has 0 radical (unpaired) electrons. The minimum Gasteiger partial charge on any atom is -0.495 e. The van der Waals surface area contributed by atoms with Crippen LogP contribution in [0, 0.1) is 21.4 Å². The summed E-state index contributed by atoms with van der Waals surface area (Å²) in [6, 6.07) is 13.3. The molecule has 1 fully saturated rings. The molecule has 162 valence electrons. The Labute approximate surface area is 181 Å². The Hall–Kier alpha value is -3.64. The minimum atomic E-state index is -0.509. The molecule has 1 heterocycles. The monoisotopic (exact) mass is 423 g/mol. The zero-order valence-corrected chi connectivity index (χ0v) is 17.6. The van der Waals surface area contributed by atoms with Crippen molar-refractivity contribution in [2.45, 2.75) is 19.4 Å². The number of nitrogens with zero attached hydrogens (tertiary/aromatic N) is 4. The van der Waals surface area contributed by atoms with Crippen molar-refractivity contribution in [3.8, 4) is 11.8 Å². The number of anilines is 2. The number of benzene rings is 2. The molecule has 3 rings (SSSR count). The van der Waals surface area contributed by atoms with E-state index in [1.165, 1.54) is 25.3 Å². The van der Waals surface area contributed by atoms with E-state index in [-0.39, 0.29) is 17.3 Å².